The van der Waals surface area contributed by atoms with Crippen LogP contribution in [0.15, 0.2) is 47.7 Å². The molecule has 5 heteroatoms. The lowest BCUT2D eigenvalue weighted by atomic mass is 10.1. The summed E-state index contributed by atoms with van der Waals surface area (Å²) in [5, 5.41) is 3.16. The largest absolute Gasteiger partial charge is 0.372 e. The van der Waals surface area contributed by atoms with Crippen LogP contribution in [0.3, 0.4) is 0 Å². The number of pyridine rings is 1. The lowest BCUT2D eigenvalue weighted by molar-refractivity contribution is 0.622. The van der Waals surface area contributed by atoms with Gasteiger partial charge in [0.25, 0.3) is 0 Å². The number of nitrogens with zero attached hydrogens (tertiary/aromatic N) is 3. The number of rotatable bonds is 5. The molecule has 1 aromatic heterocycles. The molecule has 0 aliphatic carbocycles. The highest BCUT2D eigenvalue weighted by atomic mass is 19.1. The smallest absolute Gasteiger partial charge is 0.147 e. The van der Waals surface area contributed by atoms with E-state index in [1.165, 1.54) is 5.56 Å². The third kappa shape index (κ3) is 3.24. The van der Waals surface area contributed by atoms with E-state index in [0.29, 0.717) is 5.69 Å². The van der Waals surface area contributed by atoms with Crippen molar-refractivity contribution in [1.82, 2.24) is 10.3 Å². The summed E-state index contributed by atoms with van der Waals surface area (Å²) in [7, 11) is 1.91. The van der Waals surface area contributed by atoms with Crippen LogP contribution in [0.25, 0.3) is 0 Å². The summed E-state index contributed by atoms with van der Waals surface area (Å²) in [6.07, 6.45) is 4.41. The number of aromatic nitrogens is 1. The van der Waals surface area contributed by atoms with Crippen molar-refractivity contribution in [1.29, 1.82) is 0 Å². The number of anilines is 1. The summed E-state index contributed by atoms with van der Waals surface area (Å²) in [4.78, 5) is 10.3. The lowest BCUT2D eigenvalue weighted by Gasteiger charge is -2.20. The number of likely N-dealkylation sites (N-methyl/N-ethyl adjacent to an activating group) is 1. The van der Waals surface area contributed by atoms with Gasteiger partial charge in [0.15, 0.2) is 0 Å². The van der Waals surface area contributed by atoms with Crippen LogP contribution < -0.4 is 10.2 Å². The minimum atomic E-state index is -0.217. The SMILES string of the molecule is CN(CCc1ccncc1)c1ccc(C2=NCCN2)cc1F. The number of aliphatic imine (C=N–C) groups is 1. The van der Waals surface area contributed by atoms with E-state index in [9.17, 15) is 4.39 Å². The van der Waals surface area contributed by atoms with Gasteiger partial charge < -0.3 is 10.2 Å². The van der Waals surface area contributed by atoms with E-state index >= 15 is 0 Å². The average Bonchev–Trinajstić information content (AvgIpc) is 3.08. The van der Waals surface area contributed by atoms with Gasteiger partial charge in [-0.15, -0.1) is 0 Å². The second-order valence-electron chi connectivity index (χ2n) is 5.35. The van der Waals surface area contributed by atoms with Crippen LogP contribution in [-0.4, -0.2) is 37.5 Å². The normalized spacial score (nSPS) is 13.6. The molecular weight excluding hydrogens is 279 g/mol. The van der Waals surface area contributed by atoms with Gasteiger partial charge in [0.1, 0.15) is 11.7 Å². The fraction of sp³-hybridized carbons (Fsp3) is 0.294. The van der Waals surface area contributed by atoms with Crippen LogP contribution in [-0.2, 0) is 6.42 Å². The van der Waals surface area contributed by atoms with Gasteiger partial charge in [0.05, 0.1) is 12.2 Å². The predicted molar refractivity (Wildman–Crippen MR) is 87.0 cm³/mol. The van der Waals surface area contributed by atoms with Gasteiger partial charge in [-0.3, -0.25) is 9.98 Å². The molecule has 1 aliphatic heterocycles. The zero-order chi connectivity index (χ0) is 15.4. The summed E-state index contributed by atoms with van der Waals surface area (Å²) < 4.78 is 14.3. The Balaban J connectivity index is 1.68. The van der Waals surface area contributed by atoms with E-state index < -0.39 is 0 Å². The molecule has 0 unspecified atom stereocenters. The number of nitrogens with one attached hydrogen (secondary N) is 1. The minimum absolute atomic E-state index is 0.217. The van der Waals surface area contributed by atoms with Crippen molar-refractivity contribution in [2.75, 3.05) is 31.6 Å². The molecule has 0 amide bonds. The molecular formula is C17H19FN4. The van der Waals surface area contributed by atoms with Gasteiger partial charge in [-0.25, -0.2) is 4.39 Å². The zero-order valence-corrected chi connectivity index (χ0v) is 12.6. The molecule has 1 aliphatic rings. The zero-order valence-electron chi connectivity index (χ0n) is 12.6. The van der Waals surface area contributed by atoms with Crippen LogP contribution in [0.1, 0.15) is 11.1 Å². The summed E-state index contributed by atoms with van der Waals surface area (Å²) in [5.74, 6) is 0.566. The number of amidine groups is 1. The molecule has 0 saturated heterocycles. The molecule has 0 bridgehead atoms. The molecule has 2 aromatic rings. The van der Waals surface area contributed by atoms with Gasteiger partial charge in [0.2, 0.25) is 0 Å². The van der Waals surface area contributed by atoms with Crippen LogP contribution in [0.4, 0.5) is 10.1 Å². The monoisotopic (exact) mass is 298 g/mol. The molecule has 0 fully saturated rings. The maximum atomic E-state index is 14.3. The maximum absolute atomic E-state index is 14.3. The van der Waals surface area contributed by atoms with Crippen LogP contribution >= 0.6 is 0 Å². The van der Waals surface area contributed by atoms with Crippen molar-refractivity contribution in [2.45, 2.75) is 6.42 Å². The summed E-state index contributed by atoms with van der Waals surface area (Å²) in [6.45, 7) is 2.33. The van der Waals surface area contributed by atoms with Gasteiger partial charge in [-0.2, -0.15) is 0 Å². The minimum Gasteiger partial charge on any atom is -0.372 e. The highest BCUT2D eigenvalue weighted by Crippen LogP contribution is 2.20. The maximum Gasteiger partial charge on any atom is 0.147 e. The Bertz CT molecular complexity index is 670. The molecule has 114 valence electrons. The molecule has 0 radical (unpaired) electrons. The first-order valence-electron chi connectivity index (χ1n) is 7.42. The van der Waals surface area contributed by atoms with Crippen molar-refractivity contribution < 1.29 is 4.39 Å². The molecule has 1 aromatic carbocycles. The van der Waals surface area contributed by atoms with Gasteiger partial charge in [0, 0.05) is 38.1 Å². The molecule has 1 N–H and O–H groups in total. The second-order valence-corrected chi connectivity index (χ2v) is 5.35. The third-order valence-electron chi connectivity index (χ3n) is 3.79. The van der Waals surface area contributed by atoms with Crippen molar-refractivity contribution in [3.05, 3.63) is 59.7 Å². The Hall–Kier alpha value is -2.43. The summed E-state index contributed by atoms with van der Waals surface area (Å²) >= 11 is 0. The van der Waals surface area contributed by atoms with E-state index in [4.69, 9.17) is 0 Å². The quantitative estimate of drug-likeness (QED) is 0.920. The van der Waals surface area contributed by atoms with Crippen LogP contribution in [0.2, 0.25) is 0 Å². The van der Waals surface area contributed by atoms with Crippen molar-refractivity contribution >= 4 is 11.5 Å². The van der Waals surface area contributed by atoms with Crippen molar-refractivity contribution in [3.63, 3.8) is 0 Å². The van der Waals surface area contributed by atoms with Gasteiger partial charge in [-0.05, 0) is 42.3 Å². The first-order valence-corrected chi connectivity index (χ1v) is 7.42. The fourth-order valence-electron chi connectivity index (χ4n) is 2.52. The Morgan fingerprint density at radius 3 is 2.73 bits per heavy atom. The topological polar surface area (TPSA) is 40.5 Å². The standard InChI is InChI=1S/C17H19FN4/c1-22(11-6-13-4-7-19-8-5-13)16-3-2-14(12-15(16)18)17-20-9-10-21-17/h2-5,7-8,12H,6,9-11H2,1H3,(H,20,21). The molecule has 0 spiro atoms. The molecule has 0 atom stereocenters. The van der Waals surface area contributed by atoms with E-state index in [0.717, 1.165) is 37.5 Å². The van der Waals surface area contributed by atoms with E-state index in [1.807, 2.05) is 36.2 Å². The number of halogens is 1. The highest BCUT2D eigenvalue weighted by Gasteiger charge is 2.13. The number of benzene rings is 1. The summed E-state index contributed by atoms with van der Waals surface area (Å²) in [6, 6.07) is 9.25. The fourth-order valence-corrected chi connectivity index (χ4v) is 2.52. The van der Waals surface area contributed by atoms with Crippen molar-refractivity contribution in [3.8, 4) is 0 Å². The van der Waals surface area contributed by atoms with E-state index in [-0.39, 0.29) is 5.82 Å². The Morgan fingerprint density at radius 1 is 1.23 bits per heavy atom. The van der Waals surface area contributed by atoms with Crippen molar-refractivity contribution in [2.24, 2.45) is 4.99 Å². The molecule has 3 rings (SSSR count). The first-order chi connectivity index (χ1) is 10.7. The Morgan fingerprint density at radius 2 is 2.05 bits per heavy atom. The molecule has 22 heavy (non-hydrogen) atoms. The third-order valence-corrected chi connectivity index (χ3v) is 3.79. The Kier molecular flexibility index (Phi) is 4.32. The average molecular weight is 298 g/mol. The van der Waals surface area contributed by atoms with Gasteiger partial charge in [-0.1, -0.05) is 0 Å². The Labute approximate surface area is 129 Å². The molecule has 2 heterocycles. The number of hydrogen-bond acceptors (Lipinski definition) is 4. The van der Waals surface area contributed by atoms with E-state index in [1.54, 1.807) is 18.5 Å². The second kappa shape index (κ2) is 6.56. The number of hydrogen-bond donors (Lipinski definition) is 1. The molecule has 4 nitrogen and oxygen atoms in total. The summed E-state index contributed by atoms with van der Waals surface area (Å²) in [5.41, 5.74) is 2.61. The van der Waals surface area contributed by atoms with Gasteiger partial charge >= 0.3 is 0 Å². The lowest BCUT2D eigenvalue weighted by Crippen LogP contribution is -2.23. The predicted octanol–water partition coefficient (Wildman–Crippen LogP) is 2.25. The first kappa shape index (κ1) is 14.5. The van der Waals surface area contributed by atoms with Crippen LogP contribution in [0.5, 0.6) is 0 Å². The van der Waals surface area contributed by atoms with Crippen LogP contribution in [0, 0.1) is 5.82 Å². The van der Waals surface area contributed by atoms with E-state index in [2.05, 4.69) is 15.3 Å². The molecule has 0 saturated carbocycles. The highest BCUT2D eigenvalue weighted by molar-refractivity contribution is 6.00.